The number of carbonyl (C=O) groups excluding carboxylic acids is 2. The summed E-state index contributed by atoms with van der Waals surface area (Å²) in [5.74, 6) is 0.618. The molecule has 0 atom stereocenters. The Balaban J connectivity index is 2.01. The molecule has 0 saturated carbocycles. The van der Waals surface area contributed by atoms with Gasteiger partial charge in [-0.2, -0.15) is 0 Å². The highest BCUT2D eigenvalue weighted by Gasteiger charge is 2.10. The minimum Gasteiger partial charge on any atom is -0.493 e. The van der Waals surface area contributed by atoms with Crippen LogP contribution in [0.1, 0.15) is 33.2 Å². The van der Waals surface area contributed by atoms with E-state index in [0.717, 1.165) is 5.56 Å². The van der Waals surface area contributed by atoms with Crippen molar-refractivity contribution in [1.29, 1.82) is 0 Å². The summed E-state index contributed by atoms with van der Waals surface area (Å²) in [5.41, 5.74) is 1.75. The van der Waals surface area contributed by atoms with E-state index >= 15 is 0 Å². The highest BCUT2D eigenvalue weighted by Crippen LogP contribution is 2.27. The molecule has 0 aromatic heterocycles. The molecule has 6 nitrogen and oxygen atoms in total. The molecule has 0 aliphatic rings. The van der Waals surface area contributed by atoms with E-state index in [1.54, 1.807) is 31.4 Å². The lowest BCUT2D eigenvalue weighted by molar-refractivity contribution is 0.0600. The number of hydrogen-bond donors (Lipinski definition) is 1. The van der Waals surface area contributed by atoms with E-state index in [0.29, 0.717) is 35.8 Å². The van der Waals surface area contributed by atoms with E-state index in [2.05, 4.69) is 10.1 Å². The minimum absolute atomic E-state index is 0.232. The fourth-order valence-electron chi connectivity index (χ4n) is 2.26. The van der Waals surface area contributed by atoms with Crippen LogP contribution in [0.25, 0.3) is 0 Å². The molecule has 25 heavy (non-hydrogen) atoms. The van der Waals surface area contributed by atoms with Gasteiger partial charge in [0.1, 0.15) is 0 Å². The molecule has 0 fully saturated rings. The molecular formula is C19H21NO5. The van der Waals surface area contributed by atoms with Crippen LogP contribution in [0, 0.1) is 0 Å². The molecule has 2 rings (SSSR count). The van der Waals surface area contributed by atoms with Gasteiger partial charge in [0, 0.05) is 12.1 Å². The second kappa shape index (κ2) is 8.73. The van der Waals surface area contributed by atoms with E-state index in [1.165, 1.54) is 7.11 Å². The smallest absolute Gasteiger partial charge is 0.337 e. The average Bonchev–Trinajstić information content (AvgIpc) is 2.66. The summed E-state index contributed by atoms with van der Waals surface area (Å²) in [6, 6.07) is 11.8. The number of hydrogen-bond acceptors (Lipinski definition) is 5. The number of benzene rings is 2. The van der Waals surface area contributed by atoms with Gasteiger partial charge in [0.25, 0.3) is 5.91 Å². The van der Waals surface area contributed by atoms with Crippen molar-refractivity contribution in [2.45, 2.75) is 13.5 Å². The Labute approximate surface area is 146 Å². The molecule has 1 amide bonds. The molecule has 0 bridgehead atoms. The highest BCUT2D eigenvalue weighted by molar-refractivity contribution is 5.96. The fraction of sp³-hybridized carbons (Fsp3) is 0.263. The highest BCUT2D eigenvalue weighted by atomic mass is 16.5. The maximum atomic E-state index is 12.2. The summed E-state index contributed by atoms with van der Waals surface area (Å²) in [7, 11) is 2.89. The van der Waals surface area contributed by atoms with Gasteiger partial charge in [-0.15, -0.1) is 0 Å². The lowest BCUT2D eigenvalue weighted by atomic mass is 10.1. The lowest BCUT2D eigenvalue weighted by Gasteiger charge is -2.11. The van der Waals surface area contributed by atoms with Crippen LogP contribution >= 0.6 is 0 Å². The molecule has 0 radical (unpaired) electrons. The molecule has 0 heterocycles. The topological polar surface area (TPSA) is 73.9 Å². The zero-order valence-corrected chi connectivity index (χ0v) is 14.5. The zero-order valence-electron chi connectivity index (χ0n) is 14.5. The van der Waals surface area contributed by atoms with Gasteiger partial charge in [-0.05, 0) is 48.9 Å². The van der Waals surface area contributed by atoms with Gasteiger partial charge < -0.3 is 19.5 Å². The largest absolute Gasteiger partial charge is 0.493 e. The predicted octanol–water partition coefficient (Wildman–Crippen LogP) is 2.81. The first-order chi connectivity index (χ1) is 12.1. The molecule has 6 heteroatoms. The van der Waals surface area contributed by atoms with Gasteiger partial charge in [-0.1, -0.05) is 6.07 Å². The van der Waals surface area contributed by atoms with Crippen LogP contribution in [0.4, 0.5) is 0 Å². The van der Waals surface area contributed by atoms with E-state index in [1.807, 2.05) is 25.1 Å². The van der Waals surface area contributed by atoms with Crippen LogP contribution < -0.4 is 14.8 Å². The number of amides is 1. The minimum atomic E-state index is -0.437. The first kappa shape index (κ1) is 18.3. The quantitative estimate of drug-likeness (QED) is 0.783. The lowest BCUT2D eigenvalue weighted by Crippen LogP contribution is -2.22. The van der Waals surface area contributed by atoms with Crippen molar-refractivity contribution in [2.75, 3.05) is 20.8 Å². The Hall–Kier alpha value is -3.02. The first-order valence-corrected chi connectivity index (χ1v) is 7.85. The Morgan fingerprint density at radius 1 is 0.960 bits per heavy atom. The molecule has 2 aromatic rings. The van der Waals surface area contributed by atoms with Crippen LogP contribution in [0.5, 0.6) is 11.5 Å². The molecule has 132 valence electrons. The number of ether oxygens (including phenoxy) is 3. The van der Waals surface area contributed by atoms with Gasteiger partial charge >= 0.3 is 5.97 Å². The summed E-state index contributed by atoms with van der Waals surface area (Å²) in [4.78, 5) is 23.6. The predicted molar refractivity (Wildman–Crippen MR) is 93.1 cm³/mol. The summed E-state index contributed by atoms with van der Waals surface area (Å²) in [6.45, 7) is 2.80. The van der Waals surface area contributed by atoms with Gasteiger partial charge in [-0.25, -0.2) is 4.79 Å². The summed E-state index contributed by atoms with van der Waals surface area (Å²) < 4.78 is 15.4. The van der Waals surface area contributed by atoms with Gasteiger partial charge in [0.2, 0.25) is 0 Å². The summed E-state index contributed by atoms with van der Waals surface area (Å²) >= 11 is 0. The maximum absolute atomic E-state index is 12.2. The van der Waals surface area contributed by atoms with E-state index in [4.69, 9.17) is 9.47 Å². The number of rotatable bonds is 7. The Bertz CT molecular complexity index is 740. The normalized spacial score (nSPS) is 10.0. The average molecular weight is 343 g/mol. The van der Waals surface area contributed by atoms with Crippen molar-refractivity contribution in [3.63, 3.8) is 0 Å². The van der Waals surface area contributed by atoms with Crippen LogP contribution in [0.2, 0.25) is 0 Å². The Morgan fingerprint density at radius 2 is 1.64 bits per heavy atom. The van der Waals surface area contributed by atoms with Crippen molar-refractivity contribution in [3.05, 3.63) is 59.2 Å². The molecule has 0 saturated heterocycles. The van der Waals surface area contributed by atoms with E-state index in [9.17, 15) is 9.59 Å². The van der Waals surface area contributed by atoms with Crippen molar-refractivity contribution in [2.24, 2.45) is 0 Å². The van der Waals surface area contributed by atoms with Crippen molar-refractivity contribution in [1.82, 2.24) is 5.32 Å². The van der Waals surface area contributed by atoms with E-state index < -0.39 is 5.97 Å². The van der Waals surface area contributed by atoms with Gasteiger partial charge in [0.15, 0.2) is 11.5 Å². The molecule has 2 aromatic carbocycles. The van der Waals surface area contributed by atoms with Crippen LogP contribution in [0.3, 0.4) is 0 Å². The van der Waals surface area contributed by atoms with Crippen LogP contribution in [-0.2, 0) is 11.3 Å². The second-order valence-corrected chi connectivity index (χ2v) is 5.17. The third kappa shape index (κ3) is 4.73. The third-order valence-electron chi connectivity index (χ3n) is 3.55. The standard InChI is InChI=1S/C19H21NO5/c1-4-25-16-10-5-13(11-17(16)23-2)12-20-18(21)14-6-8-15(9-7-14)19(22)24-3/h5-11H,4,12H2,1-3H3,(H,20,21). The monoisotopic (exact) mass is 343 g/mol. The molecule has 0 unspecified atom stereocenters. The van der Waals surface area contributed by atoms with Gasteiger partial charge in [0.05, 0.1) is 26.4 Å². The van der Waals surface area contributed by atoms with Crippen molar-refractivity contribution < 1.29 is 23.8 Å². The summed E-state index contributed by atoms with van der Waals surface area (Å²) in [5, 5.41) is 2.83. The fourth-order valence-corrected chi connectivity index (χ4v) is 2.26. The molecule has 1 N–H and O–H groups in total. The Morgan fingerprint density at radius 3 is 2.24 bits per heavy atom. The maximum Gasteiger partial charge on any atom is 0.337 e. The third-order valence-corrected chi connectivity index (χ3v) is 3.55. The van der Waals surface area contributed by atoms with Crippen LogP contribution in [-0.4, -0.2) is 32.7 Å². The number of nitrogens with one attached hydrogen (secondary N) is 1. The Kier molecular flexibility index (Phi) is 6.39. The summed E-state index contributed by atoms with van der Waals surface area (Å²) in [6.07, 6.45) is 0. The molecule has 0 aliphatic heterocycles. The van der Waals surface area contributed by atoms with Crippen molar-refractivity contribution in [3.8, 4) is 11.5 Å². The SMILES string of the molecule is CCOc1ccc(CNC(=O)c2ccc(C(=O)OC)cc2)cc1OC. The van der Waals surface area contributed by atoms with E-state index in [-0.39, 0.29) is 5.91 Å². The molecule has 0 spiro atoms. The zero-order chi connectivity index (χ0) is 18.2. The van der Waals surface area contributed by atoms with Crippen molar-refractivity contribution >= 4 is 11.9 Å². The number of carbonyl (C=O) groups is 2. The number of esters is 1. The van der Waals surface area contributed by atoms with Crippen LogP contribution in [0.15, 0.2) is 42.5 Å². The second-order valence-electron chi connectivity index (χ2n) is 5.17. The molecule has 0 aliphatic carbocycles. The number of methoxy groups -OCH3 is 2. The first-order valence-electron chi connectivity index (χ1n) is 7.85. The molecular weight excluding hydrogens is 322 g/mol. The van der Waals surface area contributed by atoms with Gasteiger partial charge in [-0.3, -0.25) is 4.79 Å².